The van der Waals surface area contributed by atoms with Crippen molar-refractivity contribution < 1.29 is 19.1 Å². The highest BCUT2D eigenvalue weighted by Gasteiger charge is 2.36. The van der Waals surface area contributed by atoms with Crippen LogP contribution < -0.4 is 16.4 Å². The molecule has 4 N–H and O–H groups in total. The van der Waals surface area contributed by atoms with E-state index in [4.69, 9.17) is 10.5 Å². The van der Waals surface area contributed by atoms with Gasteiger partial charge in [0.2, 0.25) is 5.91 Å². The second-order valence-corrected chi connectivity index (χ2v) is 9.72. The maximum Gasteiger partial charge on any atom is 0.251 e. The van der Waals surface area contributed by atoms with Gasteiger partial charge in [0, 0.05) is 29.1 Å². The Bertz CT molecular complexity index is 1240. The molecular weight excluding hydrogens is 478 g/mol. The molecule has 5 rings (SSSR count). The molecule has 0 unspecified atom stereocenters. The number of thiazole rings is 1. The fourth-order valence-corrected chi connectivity index (χ4v) is 4.73. The third kappa shape index (κ3) is 5.46. The highest BCUT2D eigenvalue weighted by molar-refractivity contribution is 7.14. The number of carbonyl (C=O) groups excluding carboxylic acids is 3. The molecule has 9 nitrogen and oxygen atoms in total. The summed E-state index contributed by atoms with van der Waals surface area (Å²) in [5.41, 5.74) is 9.02. The van der Waals surface area contributed by atoms with Gasteiger partial charge in [-0.3, -0.25) is 14.4 Å². The van der Waals surface area contributed by atoms with E-state index in [0.717, 1.165) is 18.4 Å². The van der Waals surface area contributed by atoms with Crippen LogP contribution in [0.2, 0.25) is 0 Å². The Morgan fingerprint density at radius 2 is 1.83 bits per heavy atom. The third-order valence-corrected chi connectivity index (χ3v) is 6.99. The van der Waals surface area contributed by atoms with E-state index in [0.29, 0.717) is 34.6 Å². The van der Waals surface area contributed by atoms with Gasteiger partial charge in [0.1, 0.15) is 12.1 Å². The average molecular weight is 506 g/mol. The molecule has 2 aliphatic rings. The normalized spacial score (nSPS) is 18.4. The molecule has 1 aliphatic carbocycles. The molecule has 2 atom stereocenters. The number of nitrogens with two attached hydrogens (primary N) is 1. The first kappa shape index (κ1) is 24.1. The zero-order valence-corrected chi connectivity index (χ0v) is 20.4. The minimum absolute atomic E-state index is 0.0731. The first-order valence-corrected chi connectivity index (χ1v) is 12.7. The van der Waals surface area contributed by atoms with E-state index < -0.39 is 12.1 Å². The molecule has 36 heavy (non-hydrogen) atoms. The van der Waals surface area contributed by atoms with Crippen LogP contribution in [-0.2, 0) is 14.3 Å². The van der Waals surface area contributed by atoms with Gasteiger partial charge in [-0.15, -0.1) is 11.3 Å². The lowest BCUT2D eigenvalue weighted by Gasteiger charge is -2.35. The number of nitrogens with one attached hydrogen (secondary N) is 2. The molecule has 3 aromatic rings. The lowest BCUT2D eigenvalue weighted by atomic mass is 10.0. The summed E-state index contributed by atoms with van der Waals surface area (Å²) in [7, 11) is 0. The van der Waals surface area contributed by atoms with Crippen molar-refractivity contribution in [2.75, 3.05) is 25.1 Å². The number of amides is 3. The quantitative estimate of drug-likeness (QED) is 0.453. The number of nitrogens with zero attached hydrogens (tertiary/aromatic N) is 2. The van der Waals surface area contributed by atoms with E-state index in [1.807, 2.05) is 35.7 Å². The number of hydrogen-bond acceptors (Lipinski definition) is 7. The first-order chi connectivity index (χ1) is 17.5. The van der Waals surface area contributed by atoms with Crippen LogP contribution in [0.5, 0.6) is 0 Å². The standard InChI is InChI=1S/C26H27N5O4S/c27-22(17-4-2-1-3-5-17)25(34)31-12-13-35-14-21(31)24(33)30-26-29-20(15-36-26)16-6-8-18(9-7-16)23(32)28-19-10-11-19/h1-9,15,19,21-22H,10-14,27H2,(H,28,32)(H,29,30,33)/t21-,22+/m0/s1. The smallest absolute Gasteiger partial charge is 0.251 e. The van der Waals surface area contributed by atoms with Crippen LogP contribution in [0.15, 0.2) is 60.0 Å². The van der Waals surface area contributed by atoms with Crippen LogP contribution in [0.25, 0.3) is 11.3 Å². The number of benzene rings is 2. The molecule has 1 aromatic heterocycles. The zero-order valence-electron chi connectivity index (χ0n) is 19.6. The van der Waals surface area contributed by atoms with E-state index in [2.05, 4.69) is 15.6 Å². The number of hydrogen-bond donors (Lipinski definition) is 3. The van der Waals surface area contributed by atoms with Crippen molar-refractivity contribution >= 4 is 34.2 Å². The fourth-order valence-electron chi connectivity index (χ4n) is 4.01. The highest BCUT2D eigenvalue weighted by atomic mass is 32.1. The summed E-state index contributed by atoms with van der Waals surface area (Å²) in [5.74, 6) is -0.775. The lowest BCUT2D eigenvalue weighted by Crippen LogP contribution is -2.56. The molecule has 1 saturated carbocycles. The van der Waals surface area contributed by atoms with Crippen molar-refractivity contribution in [3.8, 4) is 11.3 Å². The van der Waals surface area contributed by atoms with Crippen molar-refractivity contribution in [1.82, 2.24) is 15.2 Å². The van der Waals surface area contributed by atoms with Crippen molar-refractivity contribution in [2.45, 2.75) is 31.0 Å². The molecule has 186 valence electrons. The van der Waals surface area contributed by atoms with E-state index in [9.17, 15) is 14.4 Å². The molecular formula is C26H27N5O4S. The number of aromatic nitrogens is 1. The molecule has 2 fully saturated rings. The monoisotopic (exact) mass is 505 g/mol. The van der Waals surface area contributed by atoms with E-state index in [-0.39, 0.29) is 30.9 Å². The third-order valence-electron chi connectivity index (χ3n) is 6.23. The van der Waals surface area contributed by atoms with Gasteiger partial charge in [0.05, 0.1) is 18.9 Å². The molecule has 1 aliphatic heterocycles. The summed E-state index contributed by atoms with van der Waals surface area (Å²) in [6, 6.07) is 14.9. The van der Waals surface area contributed by atoms with Gasteiger partial charge in [-0.25, -0.2) is 4.98 Å². The first-order valence-electron chi connectivity index (χ1n) is 11.9. The van der Waals surface area contributed by atoms with E-state index in [1.54, 1.807) is 24.3 Å². The van der Waals surface area contributed by atoms with Crippen molar-refractivity contribution in [1.29, 1.82) is 0 Å². The number of anilines is 1. The average Bonchev–Trinajstić information content (AvgIpc) is 3.62. The van der Waals surface area contributed by atoms with E-state index in [1.165, 1.54) is 16.2 Å². The van der Waals surface area contributed by atoms with Crippen LogP contribution in [0.3, 0.4) is 0 Å². The summed E-state index contributed by atoms with van der Waals surface area (Å²) in [5, 5.41) is 8.03. The van der Waals surface area contributed by atoms with Gasteiger partial charge in [-0.2, -0.15) is 0 Å². The number of carbonyl (C=O) groups is 3. The largest absolute Gasteiger partial charge is 0.377 e. The molecule has 0 radical (unpaired) electrons. The topological polar surface area (TPSA) is 127 Å². The molecule has 2 heterocycles. The molecule has 10 heteroatoms. The molecule has 0 bridgehead atoms. The summed E-state index contributed by atoms with van der Waals surface area (Å²) in [6.07, 6.45) is 2.08. The predicted molar refractivity (Wildman–Crippen MR) is 136 cm³/mol. The van der Waals surface area contributed by atoms with Gasteiger partial charge in [0.25, 0.3) is 11.8 Å². The second kappa shape index (κ2) is 10.6. The SMILES string of the molecule is N[C@@H](C(=O)N1CCOC[C@H]1C(=O)Nc1nc(-c2ccc(C(=O)NC3CC3)cc2)cs1)c1ccccc1. The van der Waals surface area contributed by atoms with Crippen LogP contribution in [0.4, 0.5) is 5.13 Å². The van der Waals surface area contributed by atoms with Gasteiger partial charge in [-0.1, -0.05) is 42.5 Å². The van der Waals surface area contributed by atoms with Crippen molar-refractivity contribution in [3.63, 3.8) is 0 Å². The Labute approximate surface area is 212 Å². The molecule has 1 saturated heterocycles. The number of ether oxygens (including phenoxy) is 1. The predicted octanol–water partition coefficient (Wildman–Crippen LogP) is 2.57. The van der Waals surface area contributed by atoms with Gasteiger partial charge in [-0.05, 0) is 30.5 Å². The maximum atomic E-state index is 13.1. The van der Waals surface area contributed by atoms with Gasteiger partial charge >= 0.3 is 0 Å². The summed E-state index contributed by atoms with van der Waals surface area (Å²) < 4.78 is 5.49. The fraction of sp³-hybridized carbons (Fsp3) is 0.308. The Balaban J connectivity index is 1.24. The van der Waals surface area contributed by atoms with Crippen molar-refractivity contribution in [3.05, 3.63) is 71.1 Å². The van der Waals surface area contributed by atoms with E-state index >= 15 is 0 Å². The maximum absolute atomic E-state index is 13.1. The molecule has 2 aromatic carbocycles. The molecule has 0 spiro atoms. The van der Waals surface area contributed by atoms with Gasteiger partial charge in [0.15, 0.2) is 5.13 Å². The Morgan fingerprint density at radius 1 is 1.08 bits per heavy atom. The summed E-state index contributed by atoms with van der Waals surface area (Å²) >= 11 is 1.29. The van der Waals surface area contributed by atoms with Gasteiger partial charge < -0.3 is 26.0 Å². The van der Waals surface area contributed by atoms with Crippen LogP contribution >= 0.6 is 11.3 Å². The van der Waals surface area contributed by atoms with Crippen molar-refractivity contribution in [2.24, 2.45) is 5.73 Å². The summed E-state index contributed by atoms with van der Waals surface area (Å²) in [4.78, 5) is 44.4. The van der Waals surface area contributed by atoms with Crippen LogP contribution in [0.1, 0.15) is 34.8 Å². The zero-order chi connectivity index (χ0) is 25.1. The van der Waals surface area contributed by atoms with Crippen LogP contribution in [-0.4, -0.2) is 59.4 Å². The summed E-state index contributed by atoms with van der Waals surface area (Å²) in [6.45, 7) is 0.704. The number of morpholine rings is 1. The van der Waals surface area contributed by atoms with Crippen LogP contribution in [0, 0.1) is 0 Å². The minimum atomic E-state index is -0.861. The highest BCUT2D eigenvalue weighted by Crippen LogP contribution is 2.26. The Hall–Kier alpha value is -3.60. The second-order valence-electron chi connectivity index (χ2n) is 8.86. The Kier molecular flexibility index (Phi) is 7.08. The molecule has 3 amide bonds. The number of rotatable bonds is 7. The Morgan fingerprint density at radius 3 is 2.56 bits per heavy atom. The lowest BCUT2D eigenvalue weighted by molar-refractivity contribution is -0.147. The minimum Gasteiger partial charge on any atom is -0.377 e.